The average Bonchev–Trinajstić information content (AvgIpc) is 2.30. The zero-order valence-corrected chi connectivity index (χ0v) is 9.86. The number of hydrogen-bond donors (Lipinski definition) is 1. The van der Waals surface area contributed by atoms with Gasteiger partial charge in [-0.3, -0.25) is 4.79 Å². The molecule has 0 bridgehead atoms. The van der Waals surface area contributed by atoms with E-state index in [0.29, 0.717) is 12.1 Å². The molecule has 0 spiro atoms. The number of halogens is 7. The van der Waals surface area contributed by atoms with E-state index in [1.54, 1.807) is 0 Å². The van der Waals surface area contributed by atoms with E-state index in [9.17, 15) is 35.5 Å². The van der Waals surface area contributed by atoms with E-state index in [2.05, 4.69) is 0 Å². The smallest absolute Gasteiger partial charge is 0.320 e. The lowest BCUT2D eigenvalue weighted by molar-refractivity contribution is -0.163. The molecule has 1 aromatic rings. The molecule has 0 unspecified atom stereocenters. The van der Waals surface area contributed by atoms with E-state index in [1.807, 2.05) is 0 Å². The lowest BCUT2D eigenvalue weighted by atomic mass is 10.1. The highest BCUT2D eigenvalue weighted by Crippen LogP contribution is 2.33. The molecule has 0 aliphatic rings. The molecule has 0 saturated carbocycles. The van der Waals surface area contributed by atoms with E-state index < -0.39 is 35.7 Å². The van der Waals surface area contributed by atoms with Crippen LogP contribution in [0.1, 0.15) is 11.1 Å². The van der Waals surface area contributed by atoms with Gasteiger partial charge in [-0.05, 0) is 24.6 Å². The summed E-state index contributed by atoms with van der Waals surface area (Å²) >= 11 is 0. The van der Waals surface area contributed by atoms with Crippen LogP contribution in [0.3, 0.4) is 0 Å². The van der Waals surface area contributed by atoms with Crippen LogP contribution in [0.5, 0.6) is 0 Å². The summed E-state index contributed by atoms with van der Waals surface area (Å²) in [5.41, 5.74) is -1.78. The number of aryl methyl sites for hydroxylation is 1. The Bertz CT molecular complexity index is 510. The number of amides is 1. The van der Waals surface area contributed by atoms with Gasteiger partial charge in [0.1, 0.15) is 0 Å². The molecule has 0 heterocycles. The van der Waals surface area contributed by atoms with Crippen molar-refractivity contribution in [2.24, 2.45) is 0 Å². The van der Waals surface area contributed by atoms with Crippen LogP contribution in [0.25, 0.3) is 0 Å². The maximum atomic E-state index is 12.7. The number of alkyl halides is 7. The normalized spacial score (nSPS) is 12.7. The van der Waals surface area contributed by atoms with Crippen molar-refractivity contribution in [3.8, 4) is 0 Å². The van der Waals surface area contributed by atoms with Gasteiger partial charge in [0.25, 0.3) is 0 Å². The second-order valence-electron chi connectivity index (χ2n) is 3.91. The van der Waals surface area contributed by atoms with Crippen molar-refractivity contribution in [1.82, 2.24) is 0 Å². The summed E-state index contributed by atoms with van der Waals surface area (Å²) in [6.07, 6.45) is -9.01. The molecule has 2 nitrogen and oxygen atoms in total. The van der Waals surface area contributed by atoms with Crippen LogP contribution in [0, 0.1) is 6.92 Å². The number of benzene rings is 1. The van der Waals surface area contributed by atoms with Gasteiger partial charge in [-0.25, -0.2) is 8.78 Å². The van der Waals surface area contributed by atoms with Gasteiger partial charge in [0.05, 0.1) is 5.56 Å². The first-order chi connectivity index (χ1) is 8.96. The second kappa shape index (κ2) is 5.29. The minimum Gasteiger partial charge on any atom is -0.320 e. The van der Waals surface area contributed by atoms with Crippen LogP contribution in [0.2, 0.25) is 0 Å². The van der Waals surface area contributed by atoms with Crippen LogP contribution >= 0.6 is 0 Å². The Balaban J connectivity index is 3.07. The van der Waals surface area contributed by atoms with Gasteiger partial charge in [-0.2, -0.15) is 22.0 Å². The van der Waals surface area contributed by atoms with Crippen molar-refractivity contribution in [3.05, 3.63) is 29.3 Å². The Labute approximate surface area is 108 Å². The van der Waals surface area contributed by atoms with Crippen LogP contribution in [0.15, 0.2) is 18.2 Å². The number of nitrogens with one attached hydrogen (secondary N) is 1. The summed E-state index contributed by atoms with van der Waals surface area (Å²) in [5, 5.41) is 1.38. The fourth-order valence-electron chi connectivity index (χ4n) is 1.24. The number of rotatable bonds is 3. The largest absolute Gasteiger partial charge is 0.416 e. The monoisotopic (exact) mass is 303 g/mol. The third kappa shape index (κ3) is 3.40. The Morgan fingerprint density at radius 2 is 1.70 bits per heavy atom. The number of anilines is 1. The second-order valence-corrected chi connectivity index (χ2v) is 3.91. The molecule has 0 fully saturated rings. The third-order valence-corrected chi connectivity index (χ3v) is 2.39. The maximum Gasteiger partial charge on any atom is 0.416 e. The molecule has 1 rings (SSSR count). The fraction of sp³-hybridized carbons (Fsp3) is 0.364. The molecule has 1 N–H and O–H groups in total. The van der Waals surface area contributed by atoms with Gasteiger partial charge in [-0.1, -0.05) is 6.07 Å². The molecule has 0 saturated heterocycles. The predicted octanol–water partition coefficient (Wildman–Crippen LogP) is 3.85. The molecule has 20 heavy (non-hydrogen) atoms. The maximum absolute atomic E-state index is 12.7. The van der Waals surface area contributed by atoms with Crippen LogP contribution in [0.4, 0.5) is 36.4 Å². The van der Waals surface area contributed by atoms with Gasteiger partial charge >= 0.3 is 24.4 Å². The molecule has 0 aliphatic carbocycles. The highest BCUT2D eigenvalue weighted by Gasteiger charge is 2.49. The summed E-state index contributed by atoms with van der Waals surface area (Å²) in [5.74, 6) is -7.35. The minimum atomic E-state index is -4.99. The van der Waals surface area contributed by atoms with E-state index in [4.69, 9.17) is 0 Å². The van der Waals surface area contributed by atoms with Gasteiger partial charge < -0.3 is 5.32 Å². The SMILES string of the molecule is Cc1ccc(C(F)(F)F)cc1NC(=O)C(F)(F)C(F)F. The first-order valence-corrected chi connectivity index (χ1v) is 5.11. The number of hydrogen-bond acceptors (Lipinski definition) is 1. The van der Waals surface area contributed by atoms with Gasteiger partial charge in [0.2, 0.25) is 0 Å². The average molecular weight is 303 g/mol. The summed E-state index contributed by atoms with van der Waals surface area (Å²) in [7, 11) is 0. The Kier molecular flexibility index (Phi) is 4.30. The van der Waals surface area contributed by atoms with Gasteiger partial charge in [-0.15, -0.1) is 0 Å². The van der Waals surface area contributed by atoms with Crippen molar-refractivity contribution in [2.45, 2.75) is 25.4 Å². The van der Waals surface area contributed by atoms with Crippen molar-refractivity contribution in [1.29, 1.82) is 0 Å². The molecule has 0 aliphatic heterocycles. The Morgan fingerprint density at radius 1 is 1.15 bits per heavy atom. The highest BCUT2D eigenvalue weighted by atomic mass is 19.4. The van der Waals surface area contributed by atoms with Crippen LogP contribution in [-0.4, -0.2) is 18.3 Å². The van der Waals surface area contributed by atoms with Crippen LogP contribution < -0.4 is 5.32 Å². The molecular weight excluding hydrogens is 295 g/mol. The van der Waals surface area contributed by atoms with E-state index in [1.165, 1.54) is 12.2 Å². The predicted molar refractivity (Wildman–Crippen MR) is 55.8 cm³/mol. The minimum absolute atomic E-state index is 0.0245. The number of carbonyl (C=O) groups is 1. The zero-order chi connectivity index (χ0) is 15.7. The number of carbonyl (C=O) groups excluding carboxylic acids is 1. The molecule has 112 valence electrons. The van der Waals surface area contributed by atoms with E-state index >= 15 is 0 Å². The molecule has 9 heteroatoms. The lowest BCUT2D eigenvalue weighted by Gasteiger charge is -2.17. The molecule has 1 aromatic carbocycles. The fourth-order valence-corrected chi connectivity index (χ4v) is 1.24. The molecule has 0 radical (unpaired) electrons. The van der Waals surface area contributed by atoms with E-state index in [-0.39, 0.29) is 5.56 Å². The van der Waals surface area contributed by atoms with Gasteiger partial charge in [0, 0.05) is 5.69 Å². The van der Waals surface area contributed by atoms with E-state index in [0.717, 1.165) is 6.07 Å². The van der Waals surface area contributed by atoms with Crippen molar-refractivity contribution >= 4 is 11.6 Å². The van der Waals surface area contributed by atoms with Crippen molar-refractivity contribution in [2.75, 3.05) is 5.32 Å². The molecule has 1 amide bonds. The Morgan fingerprint density at radius 3 is 2.15 bits per heavy atom. The first-order valence-electron chi connectivity index (χ1n) is 5.11. The van der Waals surface area contributed by atoms with Crippen LogP contribution in [-0.2, 0) is 11.0 Å². The summed E-state index contributed by atoms with van der Waals surface area (Å²) in [4.78, 5) is 11.0. The lowest BCUT2D eigenvalue weighted by Crippen LogP contribution is -2.41. The first kappa shape index (κ1) is 16.3. The van der Waals surface area contributed by atoms with Gasteiger partial charge in [0.15, 0.2) is 0 Å². The summed E-state index contributed by atoms with van der Waals surface area (Å²) in [6, 6.07) is 2.00. The topological polar surface area (TPSA) is 29.1 Å². The molecule has 0 atom stereocenters. The highest BCUT2D eigenvalue weighted by molar-refractivity contribution is 5.97. The Hall–Kier alpha value is -1.80. The molecular formula is C11H8F7NO. The standard InChI is InChI=1S/C11H8F7NO/c1-5-2-3-6(11(16,17)18)4-7(5)19-9(20)10(14,15)8(12)13/h2-4,8H,1H3,(H,19,20). The quantitative estimate of drug-likeness (QED) is 0.844. The molecule has 0 aromatic heterocycles. The van der Waals surface area contributed by atoms with Crippen molar-refractivity contribution < 1.29 is 35.5 Å². The zero-order valence-electron chi connectivity index (χ0n) is 9.86. The summed E-state index contributed by atoms with van der Waals surface area (Å²) < 4.78 is 86.6. The van der Waals surface area contributed by atoms with Crippen molar-refractivity contribution in [3.63, 3.8) is 0 Å². The third-order valence-electron chi connectivity index (χ3n) is 2.39. The summed E-state index contributed by atoms with van der Waals surface area (Å²) in [6.45, 7) is 1.23.